The van der Waals surface area contributed by atoms with E-state index in [1.165, 1.54) is 25.1 Å². The number of primary amides is 1. The fraction of sp³-hybridized carbons (Fsp3) is 0.300. The molecule has 0 heterocycles. The standard InChI is InChI=1S/C10H12N2O5/c1-5-6(8(13)9(14)10(11)15)3-2-4-7(5)12(16)17/h2-4,8-9,13-14H,1H3,(H2,11,15). The fourth-order valence-electron chi connectivity index (χ4n) is 1.48. The second-order valence-corrected chi connectivity index (χ2v) is 3.54. The Hall–Kier alpha value is -1.99. The first-order chi connectivity index (χ1) is 7.86. The minimum absolute atomic E-state index is 0.102. The van der Waals surface area contributed by atoms with Crippen molar-refractivity contribution in [3.05, 3.63) is 39.4 Å². The van der Waals surface area contributed by atoms with Gasteiger partial charge in [0.1, 0.15) is 6.10 Å². The van der Waals surface area contributed by atoms with Crippen molar-refractivity contribution in [2.24, 2.45) is 5.73 Å². The van der Waals surface area contributed by atoms with E-state index in [2.05, 4.69) is 0 Å². The Morgan fingerprint density at radius 1 is 1.47 bits per heavy atom. The van der Waals surface area contributed by atoms with Gasteiger partial charge in [0.2, 0.25) is 5.91 Å². The van der Waals surface area contributed by atoms with Crippen LogP contribution in [0.4, 0.5) is 5.69 Å². The van der Waals surface area contributed by atoms with E-state index in [1.54, 1.807) is 0 Å². The van der Waals surface area contributed by atoms with Crippen molar-refractivity contribution in [3.63, 3.8) is 0 Å². The first-order valence-electron chi connectivity index (χ1n) is 4.75. The molecular weight excluding hydrogens is 228 g/mol. The van der Waals surface area contributed by atoms with Crippen LogP contribution in [0.15, 0.2) is 18.2 Å². The van der Waals surface area contributed by atoms with Gasteiger partial charge < -0.3 is 15.9 Å². The highest BCUT2D eigenvalue weighted by Gasteiger charge is 2.27. The van der Waals surface area contributed by atoms with Crippen LogP contribution >= 0.6 is 0 Å². The molecule has 2 unspecified atom stereocenters. The molecule has 7 nitrogen and oxygen atoms in total. The molecule has 92 valence electrons. The summed E-state index contributed by atoms with van der Waals surface area (Å²) in [5.74, 6) is -1.09. The molecule has 1 rings (SSSR count). The molecule has 1 aromatic carbocycles. The number of rotatable bonds is 4. The number of nitro benzene ring substituents is 1. The van der Waals surface area contributed by atoms with Crippen LogP contribution in [0.5, 0.6) is 0 Å². The van der Waals surface area contributed by atoms with Crippen molar-refractivity contribution < 1.29 is 19.9 Å². The van der Waals surface area contributed by atoms with Crippen LogP contribution in [0.1, 0.15) is 17.2 Å². The third-order valence-corrected chi connectivity index (χ3v) is 2.45. The Morgan fingerprint density at radius 2 is 2.06 bits per heavy atom. The summed E-state index contributed by atoms with van der Waals surface area (Å²) < 4.78 is 0. The van der Waals surface area contributed by atoms with Crippen LogP contribution in [0, 0.1) is 17.0 Å². The normalized spacial score (nSPS) is 14.1. The molecule has 2 atom stereocenters. The zero-order valence-electron chi connectivity index (χ0n) is 9.03. The monoisotopic (exact) mass is 240 g/mol. The molecule has 0 spiro atoms. The molecule has 1 aromatic rings. The van der Waals surface area contributed by atoms with Gasteiger partial charge in [0.05, 0.1) is 4.92 Å². The van der Waals surface area contributed by atoms with Crippen LogP contribution in [0.25, 0.3) is 0 Å². The Labute approximate surface area is 96.6 Å². The number of hydrogen-bond donors (Lipinski definition) is 3. The van der Waals surface area contributed by atoms with E-state index >= 15 is 0 Å². The number of nitrogens with zero attached hydrogens (tertiary/aromatic N) is 1. The van der Waals surface area contributed by atoms with Crippen LogP contribution in [-0.2, 0) is 4.79 Å². The third-order valence-electron chi connectivity index (χ3n) is 2.45. The summed E-state index contributed by atoms with van der Waals surface area (Å²) in [6, 6.07) is 4.01. The number of nitro groups is 1. The van der Waals surface area contributed by atoms with E-state index in [9.17, 15) is 25.1 Å². The highest BCUT2D eigenvalue weighted by Crippen LogP contribution is 2.27. The summed E-state index contributed by atoms with van der Waals surface area (Å²) in [6.07, 6.45) is -3.37. The minimum Gasteiger partial charge on any atom is -0.385 e. The molecule has 4 N–H and O–H groups in total. The molecule has 0 saturated heterocycles. The Bertz CT molecular complexity index is 460. The maximum Gasteiger partial charge on any atom is 0.272 e. The topological polar surface area (TPSA) is 127 Å². The summed E-state index contributed by atoms with van der Waals surface area (Å²) >= 11 is 0. The van der Waals surface area contributed by atoms with Gasteiger partial charge in [-0.1, -0.05) is 12.1 Å². The van der Waals surface area contributed by atoms with Gasteiger partial charge in [0.15, 0.2) is 6.10 Å². The first kappa shape index (κ1) is 13.1. The van der Waals surface area contributed by atoms with Gasteiger partial charge in [-0.2, -0.15) is 0 Å². The van der Waals surface area contributed by atoms with Crippen molar-refractivity contribution in [3.8, 4) is 0 Å². The number of carbonyl (C=O) groups is 1. The van der Waals surface area contributed by atoms with E-state index < -0.39 is 23.0 Å². The average Bonchev–Trinajstić information content (AvgIpc) is 2.26. The van der Waals surface area contributed by atoms with E-state index in [0.717, 1.165) is 0 Å². The number of carbonyl (C=O) groups excluding carboxylic acids is 1. The predicted octanol–water partition coefficient (Wildman–Crippen LogP) is -0.217. The van der Waals surface area contributed by atoms with E-state index in [-0.39, 0.29) is 16.8 Å². The smallest absolute Gasteiger partial charge is 0.272 e. The van der Waals surface area contributed by atoms with Gasteiger partial charge in [-0.25, -0.2) is 0 Å². The van der Waals surface area contributed by atoms with Gasteiger partial charge in [0, 0.05) is 11.6 Å². The lowest BCUT2D eigenvalue weighted by molar-refractivity contribution is -0.385. The summed E-state index contributed by atoms with van der Waals surface area (Å²) in [4.78, 5) is 20.8. The van der Waals surface area contributed by atoms with Crippen molar-refractivity contribution >= 4 is 11.6 Å². The second-order valence-electron chi connectivity index (χ2n) is 3.54. The van der Waals surface area contributed by atoms with E-state index in [4.69, 9.17) is 5.73 Å². The molecule has 0 aliphatic heterocycles. The summed E-state index contributed by atoms with van der Waals surface area (Å²) in [5, 5.41) is 29.7. The molecule has 0 saturated carbocycles. The number of amides is 1. The quantitative estimate of drug-likeness (QED) is 0.495. The number of benzene rings is 1. The van der Waals surface area contributed by atoms with Crippen LogP contribution in [-0.4, -0.2) is 27.1 Å². The molecular formula is C10H12N2O5. The summed E-state index contributed by atoms with van der Waals surface area (Å²) in [6.45, 7) is 1.42. The fourth-order valence-corrected chi connectivity index (χ4v) is 1.48. The van der Waals surface area contributed by atoms with Crippen molar-refractivity contribution in [2.75, 3.05) is 0 Å². The SMILES string of the molecule is Cc1c(C(O)C(O)C(N)=O)cccc1[N+](=O)[O-]. The highest BCUT2D eigenvalue weighted by atomic mass is 16.6. The molecule has 0 aromatic heterocycles. The lowest BCUT2D eigenvalue weighted by Crippen LogP contribution is -2.34. The second kappa shape index (κ2) is 4.89. The Balaban J connectivity index is 3.19. The summed E-state index contributed by atoms with van der Waals surface area (Å²) in [7, 11) is 0. The molecule has 7 heteroatoms. The number of aliphatic hydroxyl groups is 2. The van der Waals surface area contributed by atoms with Crippen LogP contribution in [0.3, 0.4) is 0 Å². The predicted molar refractivity (Wildman–Crippen MR) is 58.0 cm³/mol. The molecule has 0 aliphatic carbocycles. The molecule has 0 aliphatic rings. The maximum absolute atomic E-state index is 10.7. The average molecular weight is 240 g/mol. The zero-order valence-corrected chi connectivity index (χ0v) is 9.03. The molecule has 0 fully saturated rings. The van der Waals surface area contributed by atoms with Crippen molar-refractivity contribution in [2.45, 2.75) is 19.1 Å². The molecule has 0 bridgehead atoms. The first-order valence-corrected chi connectivity index (χ1v) is 4.75. The van der Waals surface area contributed by atoms with Crippen LogP contribution < -0.4 is 5.73 Å². The lowest BCUT2D eigenvalue weighted by Gasteiger charge is -2.16. The lowest BCUT2D eigenvalue weighted by atomic mass is 9.98. The van der Waals surface area contributed by atoms with Gasteiger partial charge in [-0.05, 0) is 12.5 Å². The summed E-state index contributed by atoms with van der Waals surface area (Å²) in [5.41, 5.74) is 4.93. The van der Waals surface area contributed by atoms with Crippen molar-refractivity contribution in [1.82, 2.24) is 0 Å². The highest BCUT2D eigenvalue weighted by molar-refractivity contribution is 5.79. The van der Waals surface area contributed by atoms with Gasteiger partial charge in [-0.3, -0.25) is 14.9 Å². The minimum atomic E-state index is -1.80. The molecule has 0 radical (unpaired) electrons. The molecule has 1 amide bonds. The number of hydrogen-bond acceptors (Lipinski definition) is 5. The molecule has 17 heavy (non-hydrogen) atoms. The van der Waals surface area contributed by atoms with E-state index in [1.807, 2.05) is 0 Å². The zero-order chi connectivity index (χ0) is 13.2. The maximum atomic E-state index is 10.7. The number of nitrogens with two attached hydrogens (primary N) is 1. The number of aliphatic hydroxyl groups excluding tert-OH is 2. The van der Waals surface area contributed by atoms with Gasteiger partial charge in [-0.15, -0.1) is 0 Å². The van der Waals surface area contributed by atoms with Crippen LogP contribution in [0.2, 0.25) is 0 Å². The van der Waals surface area contributed by atoms with Crippen molar-refractivity contribution in [1.29, 1.82) is 0 Å². The van der Waals surface area contributed by atoms with Gasteiger partial charge in [0.25, 0.3) is 5.69 Å². The Morgan fingerprint density at radius 3 is 2.53 bits per heavy atom. The third kappa shape index (κ3) is 2.58. The largest absolute Gasteiger partial charge is 0.385 e. The Kier molecular flexibility index (Phi) is 3.77. The van der Waals surface area contributed by atoms with Gasteiger partial charge >= 0.3 is 0 Å². The van der Waals surface area contributed by atoms with E-state index in [0.29, 0.717) is 0 Å².